The third-order valence-corrected chi connectivity index (χ3v) is 6.65. The third kappa shape index (κ3) is 7.67. The summed E-state index contributed by atoms with van der Waals surface area (Å²) in [5.74, 6) is 1.75. The minimum Gasteiger partial charge on any atom is -0.357 e. The third-order valence-electron chi connectivity index (χ3n) is 5.95. The van der Waals surface area contributed by atoms with Gasteiger partial charge in [-0.05, 0) is 42.2 Å². The molecule has 0 aliphatic carbocycles. The molecule has 0 radical (unpaired) electrons. The number of nitrogens with zero attached hydrogens (tertiary/aromatic N) is 4. The van der Waals surface area contributed by atoms with Gasteiger partial charge in [-0.15, -0.1) is 24.0 Å². The predicted octanol–water partition coefficient (Wildman–Crippen LogP) is 3.46. The van der Waals surface area contributed by atoms with E-state index in [1.165, 1.54) is 18.4 Å². The quantitative estimate of drug-likeness (QED) is 0.337. The molecule has 1 aromatic rings. The lowest BCUT2D eigenvalue weighted by Crippen LogP contribution is -2.54. The molecule has 2 fully saturated rings. The molecule has 1 unspecified atom stereocenters. The first-order chi connectivity index (χ1) is 14.2. The lowest BCUT2D eigenvalue weighted by molar-refractivity contribution is -0.132. The van der Waals surface area contributed by atoms with Crippen LogP contribution in [0.3, 0.4) is 0 Å². The second-order valence-corrected chi connectivity index (χ2v) is 8.99. The van der Waals surface area contributed by atoms with Gasteiger partial charge < -0.3 is 15.1 Å². The molecule has 1 aromatic heterocycles. The second kappa shape index (κ2) is 13.5. The van der Waals surface area contributed by atoms with Crippen LogP contribution in [0.15, 0.2) is 21.8 Å². The smallest absolute Gasteiger partial charge is 0.236 e. The Hall–Kier alpha value is -0.870. The molecule has 8 heteroatoms. The van der Waals surface area contributed by atoms with E-state index in [4.69, 9.17) is 4.99 Å². The van der Waals surface area contributed by atoms with Crippen molar-refractivity contribution in [1.29, 1.82) is 0 Å². The zero-order chi connectivity index (χ0) is 20.5. The lowest BCUT2D eigenvalue weighted by Gasteiger charge is -2.37. The summed E-state index contributed by atoms with van der Waals surface area (Å²) in [6.45, 7) is 12.2. The van der Waals surface area contributed by atoms with E-state index >= 15 is 0 Å². The number of piperazine rings is 1. The van der Waals surface area contributed by atoms with Crippen molar-refractivity contribution in [2.75, 3.05) is 58.9 Å². The van der Waals surface area contributed by atoms with E-state index < -0.39 is 0 Å². The fourth-order valence-electron chi connectivity index (χ4n) is 4.04. The van der Waals surface area contributed by atoms with Crippen molar-refractivity contribution in [2.24, 2.45) is 4.99 Å². The van der Waals surface area contributed by atoms with Gasteiger partial charge in [-0.3, -0.25) is 14.7 Å². The van der Waals surface area contributed by atoms with Crippen LogP contribution in [0.4, 0.5) is 0 Å². The average Bonchev–Trinajstić information content (AvgIpc) is 3.14. The topological polar surface area (TPSA) is 51.2 Å². The van der Waals surface area contributed by atoms with Crippen LogP contribution in [-0.4, -0.2) is 85.5 Å². The fourth-order valence-corrected chi connectivity index (χ4v) is 4.82. The zero-order valence-corrected chi connectivity index (χ0v) is 21.7. The molecular weight excluding hydrogens is 509 g/mol. The van der Waals surface area contributed by atoms with Gasteiger partial charge in [0.1, 0.15) is 0 Å². The number of aliphatic imine (C=N–C) groups is 1. The molecule has 170 valence electrons. The largest absolute Gasteiger partial charge is 0.357 e. The van der Waals surface area contributed by atoms with E-state index in [2.05, 4.69) is 50.7 Å². The number of nitrogens with one attached hydrogen (secondary N) is 1. The number of rotatable bonds is 6. The number of hydrogen-bond donors (Lipinski definition) is 1. The number of likely N-dealkylation sites (tertiary alicyclic amines) is 1. The van der Waals surface area contributed by atoms with Gasteiger partial charge in [0.05, 0.1) is 6.54 Å². The minimum atomic E-state index is 0. The molecule has 2 aliphatic heterocycles. The van der Waals surface area contributed by atoms with Gasteiger partial charge in [0.25, 0.3) is 0 Å². The first kappa shape index (κ1) is 25.4. The van der Waals surface area contributed by atoms with E-state index in [1.807, 2.05) is 0 Å². The van der Waals surface area contributed by atoms with Crippen molar-refractivity contribution in [1.82, 2.24) is 20.0 Å². The molecule has 1 atom stereocenters. The highest BCUT2D eigenvalue weighted by Gasteiger charge is 2.23. The summed E-state index contributed by atoms with van der Waals surface area (Å²) in [5, 5.41) is 7.80. The minimum absolute atomic E-state index is 0. The fraction of sp³-hybridized carbons (Fsp3) is 0.727. The molecule has 2 saturated heterocycles. The molecule has 0 spiro atoms. The van der Waals surface area contributed by atoms with Crippen molar-refractivity contribution in [3.8, 4) is 0 Å². The van der Waals surface area contributed by atoms with E-state index in [9.17, 15) is 4.79 Å². The molecule has 0 saturated carbocycles. The average molecular weight is 548 g/mol. The Balaban J connectivity index is 0.00000320. The van der Waals surface area contributed by atoms with Crippen LogP contribution in [-0.2, 0) is 4.79 Å². The van der Waals surface area contributed by atoms with Gasteiger partial charge in [0, 0.05) is 58.3 Å². The highest BCUT2D eigenvalue weighted by molar-refractivity contribution is 14.0. The summed E-state index contributed by atoms with van der Waals surface area (Å²) in [7, 11) is 0. The van der Waals surface area contributed by atoms with Gasteiger partial charge in [-0.25, -0.2) is 0 Å². The Morgan fingerprint density at radius 1 is 1.10 bits per heavy atom. The molecule has 1 amide bonds. The van der Waals surface area contributed by atoms with Crippen LogP contribution in [0.5, 0.6) is 0 Å². The first-order valence-electron chi connectivity index (χ1n) is 11.2. The maximum atomic E-state index is 12.7. The van der Waals surface area contributed by atoms with E-state index in [-0.39, 0.29) is 24.0 Å². The predicted molar refractivity (Wildman–Crippen MR) is 137 cm³/mol. The Morgan fingerprint density at radius 2 is 1.80 bits per heavy atom. The van der Waals surface area contributed by atoms with Crippen LogP contribution < -0.4 is 5.32 Å². The van der Waals surface area contributed by atoms with Gasteiger partial charge >= 0.3 is 0 Å². The van der Waals surface area contributed by atoms with Crippen molar-refractivity contribution >= 4 is 47.2 Å². The number of carbonyl (C=O) groups excluding carboxylic acids is 1. The van der Waals surface area contributed by atoms with Crippen LogP contribution in [0.25, 0.3) is 0 Å². The monoisotopic (exact) mass is 547 g/mol. The number of hydrogen-bond acceptors (Lipinski definition) is 4. The molecule has 0 bridgehead atoms. The van der Waals surface area contributed by atoms with Gasteiger partial charge in [-0.1, -0.05) is 19.8 Å². The van der Waals surface area contributed by atoms with Gasteiger partial charge in [0.2, 0.25) is 5.91 Å². The van der Waals surface area contributed by atoms with Gasteiger partial charge in [-0.2, -0.15) is 11.3 Å². The van der Waals surface area contributed by atoms with Crippen LogP contribution in [0, 0.1) is 0 Å². The normalized spacial score (nSPS) is 19.7. The van der Waals surface area contributed by atoms with Crippen molar-refractivity contribution < 1.29 is 4.79 Å². The summed E-state index contributed by atoms with van der Waals surface area (Å²) in [5.41, 5.74) is 1.37. The van der Waals surface area contributed by atoms with Crippen molar-refractivity contribution in [2.45, 2.75) is 45.4 Å². The van der Waals surface area contributed by atoms with Crippen molar-refractivity contribution in [3.05, 3.63) is 22.4 Å². The highest BCUT2D eigenvalue weighted by Crippen LogP contribution is 2.18. The SMILES string of the molecule is CCNC(=NCC(C)c1ccsc1)N1CCN(CC(=O)N2CCCCCC2)CC1.I. The summed E-state index contributed by atoms with van der Waals surface area (Å²) < 4.78 is 0. The van der Waals surface area contributed by atoms with E-state index in [1.54, 1.807) is 11.3 Å². The van der Waals surface area contributed by atoms with Crippen LogP contribution in [0.2, 0.25) is 0 Å². The number of amides is 1. The Labute approximate surface area is 203 Å². The van der Waals surface area contributed by atoms with Crippen LogP contribution >= 0.6 is 35.3 Å². The lowest BCUT2D eigenvalue weighted by atomic mass is 10.1. The summed E-state index contributed by atoms with van der Waals surface area (Å²) >= 11 is 1.75. The van der Waals surface area contributed by atoms with E-state index in [0.717, 1.165) is 71.2 Å². The van der Waals surface area contributed by atoms with Crippen LogP contribution in [0.1, 0.15) is 51.0 Å². The zero-order valence-electron chi connectivity index (χ0n) is 18.5. The molecule has 1 N–H and O–H groups in total. The maximum Gasteiger partial charge on any atom is 0.236 e. The summed E-state index contributed by atoms with van der Waals surface area (Å²) in [6, 6.07) is 2.19. The molecule has 3 heterocycles. The number of carbonyl (C=O) groups is 1. The summed E-state index contributed by atoms with van der Waals surface area (Å²) in [4.78, 5) is 24.3. The highest BCUT2D eigenvalue weighted by atomic mass is 127. The molecule has 30 heavy (non-hydrogen) atoms. The summed E-state index contributed by atoms with van der Waals surface area (Å²) in [6.07, 6.45) is 4.84. The maximum absolute atomic E-state index is 12.7. The second-order valence-electron chi connectivity index (χ2n) is 8.21. The number of guanidine groups is 1. The molecule has 3 rings (SSSR count). The molecule has 6 nitrogen and oxygen atoms in total. The molecule has 2 aliphatic rings. The number of thiophene rings is 1. The standard InChI is InChI=1S/C22H37N5OS.HI/c1-3-23-22(24-16-19(2)20-8-15-29-18-20)27-13-11-25(12-14-27)17-21(28)26-9-6-4-5-7-10-26;/h8,15,18-19H,3-7,9-14,16-17H2,1-2H3,(H,23,24);1H. The molecular formula is C22H38IN5OS. The Morgan fingerprint density at radius 3 is 2.40 bits per heavy atom. The first-order valence-corrected chi connectivity index (χ1v) is 12.2. The van der Waals surface area contributed by atoms with Crippen molar-refractivity contribution in [3.63, 3.8) is 0 Å². The van der Waals surface area contributed by atoms with E-state index in [0.29, 0.717) is 18.4 Å². The van der Waals surface area contributed by atoms with Gasteiger partial charge in [0.15, 0.2) is 5.96 Å². The molecule has 0 aromatic carbocycles. The number of halogens is 1. The Kier molecular flexibility index (Phi) is 11.4. The Bertz CT molecular complexity index is 638.